The van der Waals surface area contributed by atoms with E-state index in [-0.39, 0.29) is 17.7 Å². The van der Waals surface area contributed by atoms with Crippen LogP contribution >= 0.6 is 0 Å². The normalized spacial score (nSPS) is 18.9. The molecule has 0 saturated heterocycles. The van der Waals surface area contributed by atoms with E-state index in [0.717, 1.165) is 42.7 Å². The highest BCUT2D eigenvalue weighted by molar-refractivity contribution is 5.75. The summed E-state index contributed by atoms with van der Waals surface area (Å²) in [5, 5.41) is 0. The summed E-state index contributed by atoms with van der Waals surface area (Å²) in [6, 6.07) is 13.9. The van der Waals surface area contributed by atoms with E-state index < -0.39 is 0 Å². The van der Waals surface area contributed by atoms with Gasteiger partial charge in [-0.2, -0.15) is 0 Å². The summed E-state index contributed by atoms with van der Waals surface area (Å²) >= 11 is 0. The molecule has 3 heteroatoms. The summed E-state index contributed by atoms with van der Waals surface area (Å²) in [4.78, 5) is 12.6. The van der Waals surface area contributed by atoms with Crippen molar-refractivity contribution in [1.29, 1.82) is 0 Å². The van der Waals surface area contributed by atoms with E-state index in [2.05, 4.69) is 6.92 Å². The molecular formula is C27H35FO2. The Morgan fingerprint density at radius 3 is 2.03 bits per heavy atom. The van der Waals surface area contributed by atoms with Crippen molar-refractivity contribution in [2.45, 2.75) is 77.6 Å². The van der Waals surface area contributed by atoms with Gasteiger partial charge in [0.15, 0.2) is 0 Å². The van der Waals surface area contributed by atoms with Gasteiger partial charge in [-0.05, 0) is 67.0 Å². The first-order valence-corrected chi connectivity index (χ1v) is 11.7. The van der Waals surface area contributed by atoms with Gasteiger partial charge in [-0.25, -0.2) is 4.39 Å². The molecule has 3 rings (SSSR count). The third kappa shape index (κ3) is 6.97. The first-order chi connectivity index (χ1) is 14.7. The maximum Gasteiger partial charge on any atom is 0.314 e. The van der Waals surface area contributed by atoms with Crippen LogP contribution in [0.4, 0.5) is 4.39 Å². The second kappa shape index (κ2) is 11.9. The fraction of sp³-hybridized carbons (Fsp3) is 0.519. The Hall–Kier alpha value is -2.16. The molecule has 2 nitrogen and oxygen atoms in total. The smallest absolute Gasteiger partial charge is 0.314 e. The zero-order chi connectivity index (χ0) is 21.2. The predicted octanol–water partition coefficient (Wildman–Crippen LogP) is 7.96. The number of carbonyl (C=O) groups excluding carboxylic acids is 1. The van der Waals surface area contributed by atoms with E-state index >= 15 is 0 Å². The van der Waals surface area contributed by atoms with Crippen LogP contribution in [-0.4, -0.2) is 5.97 Å². The zero-order valence-electron chi connectivity index (χ0n) is 18.2. The lowest BCUT2D eigenvalue weighted by Gasteiger charge is -2.27. The van der Waals surface area contributed by atoms with Crippen LogP contribution in [0, 0.1) is 17.7 Å². The van der Waals surface area contributed by atoms with Crippen molar-refractivity contribution >= 4 is 5.97 Å². The number of hydrogen-bond donors (Lipinski definition) is 0. The molecule has 0 aliphatic heterocycles. The van der Waals surface area contributed by atoms with Crippen LogP contribution < -0.4 is 4.74 Å². The number of ether oxygens (including phenoxy) is 1. The van der Waals surface area contributed by atoms with Crippen molar-refractivity contribution in [2.24, 2.45) is 11.8 Å². The van der Waals surface area contributed by atoms with Gasteiger partial charge >= 0.3 is 5.97 Å². The number of halogens is 1. The van der Waals surface area contributed by atoms with Gasteiger partial charge in [-0.3, -0.25) is 4.79 Å². The second-order valence-corrected chi connectivity index (χ2v) is 8.73. The van der Waals surface area contributed by atoms with Crippen LogP contribution in [0.5, 0.6) is 5.75 Å². The summed E-state index contributed by atoms with van der Waals surface area (Å²) in [6.45, 7) is 2.26. The van der Waals surface area contributed by atoms with Crippen LogP contribution in [0.2, 0.25) is 0 Å². The van der Waals surface area contributed by atoms with Crippen LogP contribution in [0.1, 0.15) is 77.6 Å². The molecule has 0 spiro atoms. The van der Waals surface area contributed by atoms with Gasteiger partial charge in [0.05, 0.1) is 5.92 Å². The van der Waals surface area contributed by atoms with Gasteiger partial charge in [-0.15, -0.1) is 0 Å². The molecule has 2 aromatic carbocycles. The second-order valence-electron chi connectivity index (χ2n) is 8.73. The van der Waals surface area contributed by atoms with E-state index in [1.54, 1.807) is 12.1 Å². The Kier molecular flexibility index (Phi) is 8.92. The third-order valence-electron chi connectivity index (χ3n) is 6.40. The van der Waals surface area contributed by atoms with Gasteiger partial charge in [0.25, 0.3) is 0 Å². The minimum absolute atomic E-state index is 0.0302. The molecule has 0 heterocycles. The van der Waals surface area contributed by atoms with Gasteiger partial charge < -0.3 is 4.74 Å². The summed E-state index contributed by atoms with van der Waals surface area (Å²) in [7, 11) is 0. The highest BCUT2D eigenvalue weighted by Gasteiger charge is 2.27. The molecule has 0 unspecified atom stereocenters. The lowest BCUT2D eigenvalue weighted by Crippen LogP contribution is -2.25. The fourth-order valence-corrected chi connectivity index (χ4v) is 4.46. The maximum atomic E-state index is 13.1. The SMILES string of the molecule is CCCCCCCCC1CCC(C(=O)Oc2ccc(-c3ccc(F)cc3)cc2)CC1. The molecule has 2 aromatic rings. The summed E-state index contributed by atoms with van der Waals surface area (Å²) in [6.07, 6.45) is 13.6. The van der Waals surface area contributed by atoms with Gasteiger partial charge in [0, 0.05) is 0 Å². The Morgan fingerprint density at radius 1 is 0.833 bits per heavy atom. The molecule has 30 heavy (non-hydrogen) atoms. The van der Waals surface area contributed by atoms with E-state index in [1.807, 2.05) is 24.3 Å². The number of rotatable bonds is 10. The van der Waals surface area contributed by atoms with Gasteiger partial charge in [0.1, 0.15) is 11.6 Å². The van der Waals surface area contributed by atoms with Crippen molar-refractivity contribution in [3.63, 3.8) is 0 Å². The van der Waals surface area contributed by atoms with Crippen LogP contribution in [0.3, 0.4) is 0 Å². The molecule has 162 valence electrons. The summed E-state index contributed by atoms with van der Waals surface area (Å²) in [5.74, 6) is 1.06. The Morgan fingerprint density at radius 2 is 1.40 bits per heavy atom. The van der Waals surface area contributed by atoms with Gasteiger partial charge in [0.2, 0.25) is 0 Å². The molecule has 0 N–H and O–H groups in total. The highest BCUT2D eigenvalue weighted by atomic mass is 19.1. The average Bonchev–Trinajstić information content (AvgIpc) is 2.78. The molecule has 1 saturated carbocycles. The van der Waals surface area contributed by atoms with Crippen molar-refractivity contribution in [2.75, 3.05) is 0 Å². The molecule has 1 aliphatic rings. The quantitative estimate of drug-likeness (QED) is 0.226. The molecule has 0 bridgehead atoms. The molecule has 0 radical (unpaired) electrons. The molecule has 0 amide bonds. The average molecular weight is 411 g/mol. The zero-order valence-corrected chi connectivity index (χ0v) is 18.2. The lowest BCUT2D eigenvalue weighted by atomic mass is 9.80. The number of hydrogen-bond acceptors (Lipinski definition) is 2. The summed E-state index contributed by atoms with van der Waals surface area (Å²) in [5.41, 5.74) is 1.92. The maximum absolute atomic E-state index is 13.1. The standard InChI is InChI=1S/C27H35FO2/c1-2-3-4-5-6-7-8-21-9-11-24(12-10-21)27(29)30-26-19-15-23(16-20-26)22-13-17-25(28)18-14-22/h13-21,24H,2-12H2,1H3. The lowest BCUT2D eigenvalue weighted by molar-refractivity contribution is -0.140. The third-order valence-corrected chi connectivity index (χ3v) is 6.40. The number of benzene rings is 2. The molecule has 1 aliphatic carbocycles. The minimum atomic E-state index is -0.244. The Balaban J connectivity index is 1.39. The number of unbranched alkanes of at least 4 members (excludes halogenated alkanes) is 5. The highest BCUT2D eigenvalue weighted by Crippen LogP contribution is 2.33. The first-order valence-electron chi connectivity index (χ1n) is 11.7. The molecule has 0 atom stereocenters. The van der Waals surface area contributed by atoms with Crippen molar-refractivity contribution in [1.82, 2.24) is 0 Å². The van der Waals surface area contributed by atoms with Crippen LogP contribution in [0.25, 0.3) is 11.1 Å². The molecule has 0 aromatic heterocycles. The van der Waals surface area contributed by atoms with Crippen molar-refractivity contribution < 1.29 is 13.9 Å². The monoisotopic (exact) mass is 410 g/mol. The number of carbonyl (C=O) groups is 1. The first kappa shape index (κ1) is 22.5. The van der Waals surface area contributed by atoms with E-state index in [0.29, 0.717) is 5.75 Å². The van der Waals surface area contributed by atoms with Crippen LogP contribution in [-0.2, 0) is 4.79 Å². The van der Waals surface area contributed by atoms with Crippen LogP contribution in [0.15, 0.2) is 48.5 Å². The Labute approximate surface area is 180 Å². The van der Waals surface area contributed by atoms with Crippen molar-refractivity contribution in [3.8, 4) is 16.9 Å². The predicted molar refractivity (Wildman–Crippen MR) is 121 cm³/mol. The molecule has 1 fully saturated rings. The van der Waals surface area contributed by atoms with E-state index in [1.165, 1.54) is 57.1 Å². The minimum Gasteiger partial charge on any atom is -0.426 e. The van der Waals surface area contributed by atoms with Gasteiger partial charge in [-0.1, -0.05) is 76.1 Å². The number of esters is 1. The largest absolute Gasteiger partial charge is 0.426 e. The van der Waals surface area contributed by atoms with E-state index in [4.69, 9.17) is 4.74 Å². The summed E-state index contributed by atoms with van der Waals surface area (Å²) < 4.78 is 18.7. The topological polar surface area (TPSA) is 26.3 Å². The van der Waals surface area contributed by atoms with E-state index in [9.17, 15) is 9.18 Å². The Bertz CT molecular complexity index is 758. The van der Waals surface area contributed by atoms with Crippen molar-refractivity contribution in [3.05, 3.63) is 54.3 Å². The fourth-order valence-electron chi connectivity index (χ4n) is 4.46. The molecular weight excluding hydrogens is 375 g/mol.